The smallest absolute Gasteiger partial charge is 0.169 e. The molecule has 1 rings (SSSR count). The Labute approximate surface area is 108 Å². The summed E-state index contributed by atoms with van der Waals surface area (Å²) < 4.78 is 0. The third-order valence-electron chi connectivity index (χ3n) is 3.31. The van der Waals surface area contributed by atoms with Crippen molar-refractivity contribution in [3.8, 4) is 0 Å². The summed E-state index contributed by atoms with van der Waals surface area (Å²) in [6, 6.07) is 0. The molecule has 0 spiro atoms. The zero-order chi connectivity index (χ0) is 13.5. The number of aliphatic hydroxyl groups excluding tert-OH is 3. The monoisotopic (exact) mass is 254 g/mol. The Kier molecular flexibility index (Phi) is 6.25. The van der Waals surface area contributed by atoms with E-state index in [1.54, 1.807) is 0 Å². The Morgan fingerprint density at radius 2 is 2.06 bits per heavy atom. The lowest BCUT2D eigenvalue weighted by molar-refractivity contribution is -0.146. The van der Waals surface area contributed by atoms with Crippen molar-refractivity contribution in [1.29, 1.82) is 0 Å². The topological polar surface area (TPSA) is 77.8 Å². The minimum atomic E-state index is -1.36. The van der Waals surface area contributed by atoms with Gasteiger partial charge in [-0.3, -0.25) is 4.79 Å². The van der Waals surface area contributed by atoms with Gasteiger partial charge < -0.3 is 15.3 Å². The van der Waals surface area contributed by atoms with Crippen molar-refractivity contribution in [2.24, 2.45) is 11.8 Å². The third kappa shape index (κ3) is 3.77. The standard InChI is InChI=1S/C14H22O4/c1-2-3-4-5-6-7-10-8-12(16)14(18)13(17)11(10)9-15/h4-7,10-12,14-16,18H,2-3,8-9H2,1H3/b5-4+,7-6+/t10?,11-,12+,14+/m0/s1. The molecule has 1 aliphatic rings. The lowest BCUT2D eigenvalue weighted by Crippen LogP contribution is -2.48. The number of aliphatic hydroxyl groups is 3. The Bertz CT molecular complexity index is 322. The van der Waals surface area contributed by atoms with E-state index in [1.807, 2.05) is 24.3 Å². The molecular weight excluding hydrogens is 232 g/mol. The van der Waals surface area contributed by atoms with Gasteiger partial charge in [-0.25, -0.2) is 0 Å². The summed E-state index contributed by atoms with van der Waals surface area (Å²) in [4.78, 5) is 11.7. The van der Waals surface area contributed by atoms with Crippen LogP contribution in [0.5, 0.6) is 0 Å². The number of rotatable bonds is 5. The Balaban J connectivity index is 2.65. The van der Waals surface area contributed by atoms with Crippen molar-refractivity contribution in [2.75, 3.05) is 6.61 Å². The van der Waals surface area contributed by atoms with Crippen molar-refractivity contribution < 1.29 is 20.1 Å². The zero-order valence-corrected chi connectivity index (χ0v) is 10.7. The van der Waals surface area contributed by atoms with Crippen molar-refractivity contribution in [2.45, 2.75) is 38.4 Å². The highest BCUT2D eigenvalue weighted by Gasteiger charge is 2.40. The van der Waals surface area contributed by atoms with Gasteiger partial charge in [-0.05, 0) is 18.8 Å². The van der Waals surface area contributed by atoms with Crippen LogP contribution in [0.4, 0.5) is 0 Å². The van der Waals surface area contributed by atoms with Crippen molar-refractivity contribution in [3.05, 3.63) is 24.3 Å². The third-order valence-corrected chi connectivity index (χ3v) is 3.31. The van der Waals surface area contributed by atoms with E-state index in [0.29, 0.717) is 6.42 Å². The fraction of sp³-hybridized carbons (Fsp3) is 0.643. The lowest BCUT2D eigenvalue weighted by Gasteiger charge is -2.33. The van der Waals surface area contributed by atoms with Crippen LogP contribution >= 0.6 is 0 Å². The Morgan fingerprint density at radius 3 is 2.67 bits per heavy atom. The molecule has 4 atom stereocenters. The molecule has 1 fully saturated rings. The largest absolute Gasteiger partial charge is 0.396 e. The highest BCUT2D eigenvalue weighted by molar-refractivity contribution is 5.87. The number of carbonyl (C=O) groups is 1. The van der Waals surface area contributed by atoms with Crippen LogP contribution in [0, 0.1) is 11.8 Å². The number of Topliss-reactive ketones (excluding diaryl/α,β-unsaturated/α-hetero) is 1. The molecule has 0 saturated heterocycles. The maximum absolute atomic E-state index is 11.7. The van der Waals surface area contributed by atoms with Crippen LogP contribution in [0.1, 0.15) is 26.2 Å². The summed E-state index contributed by atoms with van der Waals surface area (Å²) in [6.45, 7) is 1.80. The lowest BCUT2D eigenvalue weighted by atomic mass is 9.75. The average Bonchev–Trinajstić information content (AvgIpc) is 2.36. The van der Waals surface area contributed by atoms with Crippen molar-refractivity contribution in [3.63, 3.8) is 0 Å². The fourth-order valence-electron chi connectivity index (χ4n) is 2.18. The molecule has 3 N–H and O–H groups in total. The molecule has 0 bridgehead atoms. The van der Waals surface area contributed by atoms with Crippen LogP contribution in [0.25, 0.3) is 0 Å². The second-order valence-electron chi connectivity index (χ2n) is 4.70. The molecule has 0 aromatic heterocycles. The predicted molar refractivity (Wildman–Crippen MR) is 68.9 cm³/mol. The number of ketones is 1. The zero-order valence-electron chi connectivity index (χ0n) is 10.7. The number of carbonyl (C=O) groups excluding carboxylic acids is 1. The van der Waals surface area contributed by atoms with Gasteiger partial charge in [0.1, 0.15) is 6.10 Å². The van der Waals surface area contributed by atoms with Crippen LogP contribution in [0.2, 0.25) is 0 Å². The first-order valence-corrected chi connectivity index (χ1v) is 6.45. The molecule has 0 aromatic carbocycles. The second kappa shape index (κ2) is 7.46. The van der Waals surface area contributed by atoms with Crippen LogP contribution in [0.15, 0.2) is 24.3 Å². The van der Waals surface area contributed by atoms with E-state index in [1.165, 1.54) is 0 Å². The van der Waals surface area contributed by atoms with Gasteiger partial charge in [0, 0.05) is 5.92 Å². The highest BCUT2D eigenvalue weighted by atomic mass is 16.3. The van der Waals surface area contributed by atoms with Gasteiger partial charge in [0.2, 0.25) is 0 Å². The SMILES string of the molecule is CCC/C=C/C=C/C1C[C@@H](O)[C@@H](O)C(=O)[C@H]1CO. The molecule has 4 heteroatoms. The minimum Gasteiger partial charge on any atom is -0.396 e. The van der Waals surface area contributed by atoms with Crippen LogP contribution in [-0.4, -0.2) is 39.9 Å². The summed E-state index contributed by atoms with van der Waals surface area (Å²) in [5, 5.41) is 28.2. The molecule has 18 heavy (non-hydrogen) atoms. The first-order chi connectivity index (χ1) is 8.61. The molecule has 1 unspecified atom stereocenters. The van der Waals surface area contributed by atoms with Gasteiger partial charge in [-0.1, -0.05) is 37.6 Å². The van der Waals surface area contributed by atoms with Gasteiger partial charge in [-0.15, -0.1) is 0 Å². The second-order valence-corrected chi connectivity index (χ2v) is 4.70. The molecule has 0 aliphatic heterocycles. The summed E-state index contributed by atoms with van der Waals surface area (Å²) in [6.07, 6.45) is 7.57. The van der Waals surface area contributed by atoms with Gasteiger partial charge in [0.05, 0.1) is 12.7 Å². The molecule has 102 valence electrons. The van der Waals surface area contributed by atoms with E-state index in [2.05, 4.69) is 6.92 Å². The van der Waals surface area contributed by atoms with E-state index in [9.17, 15) is 20.1 Å². The Morgan fingerprint density at radius 1 is 1.33 bits per heavy atom. The number of hydrogen-bond donors (Lipinski definition) is 3. The molecule has 0 amide bonds. The summed E-state index contributed by atoms with van der Waals surface area (Å²) in [7, 11) is 0. The van der Waals surface area contributed by atoms with Gasteiger partial charge >= 0.3 is 0 Å². The number of unbranched alkanes of at least 4 members (excludes halogenated alkanes) is 1. The number of allylic oxidation sites excluding steroid dienone is 4. The highest BCUT2D eigenvalue weighted by Crippen LogP contribution is 2.28. The molecule has 0 aromatic rings. The van der Waals surface area contributed by atoms with E-state index in [4.69, 9.17) is 0 Å². The average molecular weight is 254 g/mol. The van der Waals surface area contributed by atoms with Gasteiger partial charge in [0.15, 0.2) is 5.78 Å². The molecule has 0 heterocycles. The first-order valence-electron chi connectivity index (χ1n) is 6.45. The van der Waals surface area contributed by atoms with Gasteiger partial charge in [-0.2, -0.15) is 0 Å². The molecule has 1 aliphatic carbocycles. The quantitative estimate of drug-likeness (QED) is 0.635. The van der Waals surface area contributed by atoms with Crippen LogP contribution in [-0.2, 0) is 4.79 Å². The molecular formula is C14H22O4. The minimum absolute atomic E-state index is 0.216. The molecule has 1 saturated carbocycles. The van der Waals surface area contributed by atoms with Crippen LogP contribution < -0.4 is 0 Å². The van der Waals surface area contributed by atoms with E-state index >= 15 is 0 Å². The van der Waals surface area contributed by atoms with E-state index in [0.717, 1.165) is 12.8 Å². The number of hydrogen-bond acceptors (Lipinski definition) is 4. The summed E-state index contributed by atoms with van der Waals surface area (Å²) in [5.41, 5.74) is 0. The van der Waals surface area contributed by atoms with E-state index in [-0.39, 0.29) is 12.5 Å². The summed E-state index contributed by atoms with van der Waals surface area (Å²) in [5.74, 6) is -1.30. The normalized spacial score (nSPS) is 33.7. The summed E-state index contributed by atoms with van der Waals surface area (Å²) >= 11 is 0. The first kappa shape index (κ1) is 15.1. The predicted octanol–water partition coefficient (Wildman–Crippen LogP) is 0.818. The molecule has 0 radical (unpaired) electrons. The van der Waals surface area contributed by atoms with Gasteiger partial charge in [0.25, 0.3) is 0 Å². The maximum atomic E-state index is 11.7. The van der Waals surface area contributed by atoms with Crippen molar-refractivity contribution in [1.82, 2.24) is 0 Å². The maximum Gasteiger partial charge on any atom is 0.169 e. The molecule has 4 nitrogen and oxygen atoms in total. The fourth-order valence-corrected chi connectivity index (χ4v) is 2.18. The van der Waals surface area contributed by atoms with E-state index < -0.39 is 23.9 Å². The van der Waals surface area contributed by atoms with Crippen molar-refractivity contribution >= 4 is 5.78 Å². The Hall–Kier alpha value is -0.970. The van der Waals surface area contributed by atoms with Crippen LogP contribution in [0.3, 0.4) is 0 Å².